The van der Waals surface area contributed by atoms with Crippen LogP contribution in [0.1, 0.15) is 31.2 Å². The average molecular weight is 384 g/mol. The van der Waals surface area contributed by atoms with Gasteiger partial charge in [-0.1, -0.05) is 25.0 Å². The van der Waals surface area contributed by atoms with Gasteiger partial charge in [-0.3, -0.25) is 4.68 Å². The summed E-state index contributed by atoms with van der Waals surface area (Å²) in [5.41, 5.74) is 3.34. The minimum Gasteiger partial charge on any atom is -0.493 e. The Bertz CT molecular complexity index is 933. The summed E-state index contributed by atoms with van der Waals surface area (Å²) in [7, 11) is 6.07. The first kappa shape index (κ1) is 20.3. The number of nitrogens with zero attached hydrogens (tertiary/aromatic N) is 3. The molecular formula is C23H30FN3O. The summed E-state index contributed by atoms with van der Waals surface area (Å²) in [6, 6.07) is 11.2. The molecule has 0 atom stereocenters. The van der Waals surface area contributed by atoms with Gasteiger partial charge in [0.2, 0.25) is 0 Å². The van der Waals surface area contributed by atoms with E-state index in [0.717, 1.165) is 35.9 Å². The van der Waals surface area contributed by atoms with E-state index in [4.69, 9.17) is 4.74 Å². The van der Waals surface area contributed by atoms with E-state index in [-0.39, 0.29) is 5.82 Å². The Morgan fingerprint density at radius 1 is 1.04 bits per heavy atom. The molecule has 0 N–H and O–H groups in total. The largest absolute Gasteiger partial charge is 0.493 e. The SMILES string of the molecule is Cc1ccc2c(-c3ccc(OCCCCCCN(C)C)cc3F)nn(C)c2c1. The molecule has 5 heteroatoms. The second-order valence-corrected chi connectivity index (χ2v) is 7.70. The number of hydrogen-bond donors (Lipinski definition) is 0. The third kappa shape index (κ3) is 4.90. The molecule has 0 saturated carbocycles. The molecule has 0 radical (unpaired) electrons. The summed E-state index contributed by atoms with van der Waals surface area (Å²) in [6.45, 7) is 3.78. The third-order valence-corrected chi connectivity index (χ3v) is 4.97. The van der Waals surface area contributed by atoms with Crippen molar-refractivity contribution in [1.29, 1.82) is 0 Å². The van der Waals surface area contributed by atoms with E-state index in [2.05, 4.69) is 30.2 Å². The Labute approximate surface area is 166 Å². The predicted octanol–water partition coefficient (Wildman–Crippen LogP) is 5.19. The van der Waals surface area contributed by atoms with Crippen molar-refractivity contribution in [3.05, 3.63) is 47.8 Å². The molecule has 1 heterocycles. The van der Waals surface area contributed by atoms with E-state index < -0.39 is 0 Å². The Hall–Kier alpha value is -2.40. The number of fused-ring (bicyclic) bond motifs is 1. The summed E-state index contributed by atoms with van der Waals surface area (Å²) in [4.78, 5) is 2.20. The highest BCUT2D eigenvalue weighted by Crippen LogP contribution is 2.31. The molecule has 3 rings (SSSR count). The van der Waals surface area contributed by atoms with Crippen LogP contribution >= 0.6 is 0 Å². The average Bonchev–Trinajstić information content (AvgIpc) is 2.96. The van der Waals surface area contributed by atoms with Crippen molar-refractivity contribution in [2.75, 3.05) is 27.2 Å². The highest BCUT2D eigenvalue weighted by atomic mass is 19.1. The molecule has 0 aliphatic carbocycles. The quantitative estimate of drug-likeness (QED) is 0.477. The fraction of sp³-hybridized carbons (Fsp3) is 0.435. The second kappa shape index (κ2) is 9.20. The van der Waals surface area contributed by atoms with E-state index in [1.807, 2.05) is 32.2 Å². The van der Waals surface area contributed by atoms with Crippen LogP contribution in [0.5, 0.6) is 5.75 Å². The van der Waals surface area contributed by atoms with Crippen molar-refractivity contribution in [2.24, 2.45) is 7.05 Å². The van der Waals surface area contributed by atoms with Gasteiger partial charge in [-0.25, -0.2) is 4.39 Å². The first-order valence-electron chi connectivity index (χ1n) is 9.96. The topological polar surface area (TPSA) is 30.3 Å². The van der Waals surface area contributed by atoms with Gasteiger partial charge in [0, 0.05) is 24.1 Å². The van der Waals surface area contributed by atoms with E-state index in [9.17, 15) is 4.39 Å². The Morgan fingerprint density at radius 3 is 2.57 bits per heavy atom. The van der Waals surface area contributed by atoms with Crippen molar-refractivity contribution in [1.82, 2.24) is 14.7 Å². The molecule has 2 aromatic carbocycles. The number of benzene rings is 2. The molecule has 150 valence electrons. The maximum Gasteiger partial charge on any atom is 0.136 e. The van der Waals surface area contributed by atoms with Gasteiger partial charge in [0.15, 0.2) is 0 Å². The van der Waals surface area contributed by atoms with Gasteiger partial charge < -0.3 is 9.64 Å². The van der Waals surface area contributed by atoms with Gasteiger partial charge in [-0.2, -0.15) is 5.10 Å². The van der Waals surface area contributed by atoms with Crippen LogP contribution < -0.4 is 4.74 Å². The van der Waals surface area contributed by atoms with Crippen LogP contribution in [0.15, 0.2) is 36.4 Å². The van der Waals surface area contributed by atoms with E-state index in [1.165, 1.54) is 18.9 Å². The summed E-state index contributed by atoms with van der Waals surface area (Å²) in [6.07, 6.45) is 4.52. The van der Waals surface area contributed by atoms with E-state index in [0.29, 0.717) is 23.6 Å². The molecule has 0 spiro atoms. The highest BCUT2D eigenvalue weighted by molar-refractivity contribution is 5.93. The fourth-order valence-electron chi connectivity index (χ4n) is 3.42. The van der Waals surface area contributed by atoms with Gasteiger partial charge >= 0.3 is 0 Å². The summed E-state index contributed by atoms with van der Waals surface area (Å²) >= 11 is 0. The second-order valence-electron chi connectivity index (χ2n) is 7.70. The van der Waals surface area contributed by atoms with Crippen LogP contribution in [-0.4, -0.2) is 41.9 Å². The standard InChI is InChI=1S/C23H30FN3O/c1-17-9-11-20-22(15-17)27(4)25-23(20)19-12-10-18(16-21(19)24)28-14-8-6-5-7-13-26(2)3/h9-12,15-16H,5-8,13-14H2,1-4H3. The zero-order chi connectivity index (χ0) is 20.1. The number of hydrogen-bond acceptors (Lipinski definition) is 3. The van der Waals surface area contributed by atoms with Crippen LogP contribution in [-0.2, 0) is 7.05 Å². The molecule has 0 fully saturated rings. The number of rotatable bonds is 9. The zero-order valence-electron chi connectivity index (χ0n) is 17.3. The molecule has 0 bridgehead atoms. The number of halogens is 1. The molecule has 1 aromatic heterocycles. The molecule has 0 aliphatic heterocycles. The molecular weight excluding hydrogens is 353 g/mol. The first-order valence-corrected chi connectivity index (χ1v) is 9.96. The van der Waals surface area contributed by atoms with Gasteiger partial charge in [-0.05, 0) is 64.2 Å². The Balaban J connectivity index is 1.62. The van der Waals surface area contributed by atoms with E-state index in [1.54, 1.807) is 10.7 Å². The van der Waals surface area contributed by atoms with Gasteiger partial charge in [0.05, 0.1) is 12.1 Å². The maximum atomic E-state index is 14.8. The maximum absolute atomic E-state index is 14.8. The zero-order valence-corrected chi connectivity index (χ0v) is 17.3. The van der Waals surface area contributed by atoms with Crippen LogP contribution in [0.25, 0.3) is 22.2 Å². The first-order chi connectivity index (χ1) is 13.5. The Morgan fingerprint density at radius 2 is 1.82 bits per heavy atom. The fourth-order valence-corrected chi connectivity index (χ4v) is 3.42. The van der Waals surface area contributed by atoms with Crippen LogP contribution in [0, 0.1) is 12.7 Å². The number of aromatic nitrogens is 2. The molecule has 3 aromatic rings. The lowest BCUT2D eigenvalue weighted by atomic mass is 10.1. The van der Waals surface area contributed by atoms with Gasteiger partial charge in [0.1, 0.15) is 17.3 Å². The lowest BCUT2D eigenvalue weighted by Crippen LogP contribution is -2.12. The smallest absolute Gasteiger partial charge is 0.136 e. The van der Waals surface area contributed by atoms with Crippen molar-refractivity contribution in [2.45, 2.75) is 32.6 Å². The van der Waals surface area contributed by atoms with Crippen LogP contribution in [0.3, 0.4) is 0 Å². The van der Waals surface area contributed by atoms with Crippen molar-refractivity contribution >= 4 is 10.9 Å². The lowest BCUT2D eigenvalue weighted by Gasteiger charge is -2.10. The monoisotopic (exact) mass is 383 g/mol. The molecule has 0 amide bonds. The lowest BCUT2D eigenvalue weighted by molar-refractivity contribution is 0.300. The molecule has 0 unspecified atom stereocenters. The summed E-state index contributed by atoms with van der Waals surface area (Å²) in [5.74, 6) is 0.273. The molecule has 0 aliphatic rings. The Kier molecular flexibility index (Phi) is 6.68. The summed E-state index contributed by atoms with van der Waals surface area (Å²) in [5, 5.41) is 5.50. The van der Waals surface area contributed by atoms with E-state index >= 15 is 0 Å². The minimum absolute atomic E-state index is 0.302. The minimum atomic E-state index is -0.302. The molecule has 0 saturated heterocycles. The highest BCUT2D eigenvalue weighted by Gasteiger charge is 2.15. The van der Waals surface area contributed by atoms with Crippen LogP contribution in [0.4, 0.5) is 4.39 Å². The normalized spacial score (nSPS) is 11.5. The number of ether oxygens (including phenoxy) is 1. The van der Waals surface area contributed by atoms with Crippen molar-refractivity contribution in [3.8, 4) is 17.0 Å². The number of unbranched alkanes of at least 4 members (excludes halogenated alkanes) is 3. The van der Waals surface area contributed by atoms with Gasteiger partial charge in [0.25, 0.3) is 0 Å². The van der Waals surface area contributed by atoms with Crippen molar-refractivity contribution < 1.29 is 9.13 Å². The predicted molar refractivity (Wildman–Crippen MR) is 113 cm³/mol. The van der Waals surface area contributed by atoms with Gasteiger partial charge in [-0.15, -0.1) is 0 Å². The van der Waals surface area contributed by atoms with Crippen LogP contribution in [0.2, 0.25) is 0 Å². The molecule has 28 heavy (non-hydrogen) atoms. The third-order valence-electron chi connectivity index (χ3n) is 4.97. The molecule has 4 nitrogen and oxygen atoms in total. The summed E-state index contributed by atoms with van der Waals surface area (Å²) < 4.78 is 22.3. The van der Waals surface area contributed by atoms with Crippen molar-refractivity contribution in [3.63, 3.8) is 0 Å². The number of aryl methyl sites for hydroxylation is 2.